The van der Waals surface area contributed by atoms with Gasteiger partial charge in [-0.15, -0.1) is 0 Å². The molecule has 1 saturated heterocycles. The van der Waals surface area contributed by atoms with Gasteiger partial charge in [-0.3, -0.25) is 4.79 Å². The molecule has 19 heavy (non-hydrogen) atoms. The van der Waals surface area contributed by atoms with Gasteiger partial charge in [0.1, 0.15) is 5.60 Å². The molecule has 0 atom stereocenters. The van der Waals surface area contributed by atoms with Crippen molar-refractivity contribution in [1.29, 1.82) is 0 Å². The van der Waals surface area contributed by atoms with Crippen molar-refractivity contribution in [2.45, 2.75) is 25.0 Å². The Morgan fingerprint density at radius 3 is 2.53 bits per heavy atom. The molecule has 1 aromatic rings. The van der Waals surface area contributed by atoms with Crippen LogP contribution in [-0.4, -0.2) is 40.1 Å². The van der Waals surface area contributed by atoms with Crippen molar-refractivity contribution in [3.8, 4) is 0 Å². The van der Waals surface area contributed by atoms with Crippen molar-refractivity contribution < 1.29 is 9.90 Å². The molecule has 0 aliphatic carbocycles. The lowest BCUT2D eigenvalue weighted by Crippen LogP contribution is -2.49. The van der Waals surface area contributed by atoms with Gasteiger partial charge in [0, 0.05) is 18.1 Å². The van der Waals surface area contributed by atoms with Crippen LogP contribution in [0.1, 0.15) is 18.4 Å². The Labute approximate surface area is 126 Å². The van der Waals surface area contributed by atoms with Gasteiger partial charge >= 0.3 is 0 Å². The largest absolute Gasteiger partial charge is 0.380 e. The minimum absolute atomic E-state index is 0.157. The zero-order valence-corrected chi connectivity index (χ0v) is 13.3. The number of rotatable bonds is 3. The van der Waals surface area contributed by atoms with Gasteiger partial charge in [0.2, 0.25) is 0 Å². The smallest absolute Gasteiger partial charge is 0.254 e. The average molecular weight is 344 g/mol. The lowest BCUT2D eigenvalue weighted by Gasteiger charge is -2.34. The summed E-state index contributed by atoms with van der Waals surface area (Å²) in [5, 5.41) is 10.4. The van der Waals surface area contributed by atoms with E-state index in [1.807, 2.05) is 24.3 Å². The van der Waals surface area contributed by atoms with Crippen molar-refractivity contribution in [3.63, 3.8) is 0 Å². The van der Waals surface area contributed by atoms with Crippen LogP contribution in [0.5, 0.6) is 0 Å². The first-order valence-corrected chi connectivity index (χ1v) is 8.26. The molecule has 0 saturated carbocycles. The predicted octanol–water partition coefficient (Wildman–Crippen LogP) is 2.67. The van der Waals surface area contributed by atoms with Crippen LogP contribution in [0.15, 0.2) is 28.7 Å². The van der Waals surface area contributed by atoms with E-state index < -0.39 is 5.60 Å². The molecule has 1 heterocycles. The van der Waals surface area contributed by atoms with Gasteiger partial charge in [0.05, 0.1) is 0 Å². The van der Waals surface area contributed by atoms with Gasteiger partial charge in [-0.05, 0) is 42.0 Å². The van der Waals surface area contributed by atoms with E-state index in [1.54, 1.807) is 23.7 Å². The molecule has 0 spiro atoms. The molecule has 0 radical (unpaired) electrons. The molecule has 5 heteroatoms. The van der Waals surface area contributed by atoms with Crippen LogP contribution in [0, 0.1) is 0 Å². The molecule has 0 aromatic heterocycles. The summed E-state index contributed by atoms with van der Waals surface area (Å²) in [5.74, 6) is 1.55. The maximum Gasteiger partial charge on any atom is 0.254 e. The predicted molar refractivity (Wildman–Crippen MR) is 82.1 cm³/mol. The number of amides is 1. The molecule has 1 N–H and O–H groups in total. The highest BCUT2D eigenvalue weighted by Crippen LogP contribution is 2.28. The SMILES string of the molecule is CN(Cc1ccc(Br)cc1)C(=O)C1(O)CCSCC1. The van der Waals surface area contributed by atoms with E-state index in [4.69, 9.17) is 0 Å². The topological polar surface area (TPSA) is 40.5 Å². The number of halogens is 1. The van der Waals surface area contributed by atoms with Crippen molar-refractivity contribution in [1.82, 2.24) is 4.90 Å². The van der Waals surface area contributed by atoms with Crippen LogP contribution in [0.25, 0.3) is 0 Å². The van der Waals surface area contributed by atoms with Gasteiger partial charge in [-0.25, -0.2) is 0 Å². The lowest BCUT2D eigenvalue weighted by atomic mass is 9.95. The Hall–Kier alpha value is -0.520. The summed E-state index contributed by atoms with van der Waals surface area (Å²) in [7, 11) is 1.75. The number of carbonyl (C=O) groups is 1. The van der Waals surface area contributed by atoms with E-state index in [2.05, 4.69) is 15.9 Å². The minimum atomic E-state index is -1.16. The molecule has 0 unspecified atom stereocenters. The number of nitrogens with zero attached hydrogens (tertiary/aromatic N) is 1. The molecule has 2 rings (SSSR count). The molecular weight excluding hydrogens is 326 g/mol. The van der Waals surface area contributed by atoms with E-state index in [9.17, 15) is 9.90 Å². The average Bonchev–Trinajstić information content (AvgIpc) is 2.41. The molecule has 1 amide bonds. The van der Waals surface area contributed by atoms with Crippen LogP contribution >= 0.6 is 27.7 Å². The van der Waals surface area contributed by atoms with E-state index in [1.165, 1.54) is 0 Å². The van der Waals surface area contributed by atoms with Gasteiger partial charge in [0.25, 0.3) is 5.91 Å². The number of benzene rings is 1. The third-order valence-electron chi connectivity index (χ3n) is 3.40. The van der Waals surface area contributed by atoms with E-state index in [0.717, 1.165) is 21.5 Å². The number of hydrogen-bond acceptors (Lipinski definition) is 3. The fourth-order valence-electron chi connectivity index (χ4n) is 2.21. The molecule has 1 fully saturated rings. The minimum Gasteiger partial charge on any atom is -0.380 e. The van der Waals surface area contributed by atoms with Gasteiger partial charge < -0.3 is 10.0 Å². The summed E-state index contributed by atoms with van der Waals surface area (Å²) < 4.78 is 1.02. The molecule has 1 aliphatic heterocycles. The second-order valence-electron chi connectivity index (χ2n) is 4.93. The van der Waals surface area contributed by atoms with Gasteiger partial charge in [-0.1, -0.05) is 28.1 Å². The molecule has 1 aromatic carbocycles. The summed E-state index contributed by atoms with van der Waals surface area (Å²) >= 11 is 5.18. The van der Waals surface area contributed by atoms with Crippen LogP contribution in [0.3, 0.4) is 0 Å². The first-order chi connectivity index (χ1) is 9.01. The molecule has 104 valence electrons. The van der Waals surface area contributed by atoms with Crippen molar-refractivity contribution in [3.05, 3.63) is 34.3 Å². The second kappa shape index (κ2) is 6.29. The zero-order valence-electron chi connectivity index (χ0n) is 10.9. The second-order valence-corrected chi connectivity index (χ2v) is 7.07. The Kier molecular flexibility index (Phi) is 4.92. The number of thioether (sulfide) groups is 1. The zero-order chi connectivity index (χ0) is 13.9. The highest BCUT2D eigenvalue weighted by molar-refractivity contribution is 9.10. The first-order valence-electron chi connectivity index (χ1n) is 6.31. The Morgan fingerprint density at radius 2 is 1.95 bits per heavy atom. The van der Waals surface area contributed by atoms with Crippen molar-refractivity contribution in [2.24, 2.45) is 0 Å². The molecule has 3 nitrogen and oxygen atoms in total. The summed E-state index contributed by atoms with van der Waals surface area (Å²) in [5.41, 5.74) is -0.0946. The quantitative estimate of drug-likeness (QED) is 0.917. The number of aliphatic hydroxyl groups is 1. The standard InChI is InChI=1S/C14H18BrNO2S/c1-16(10-11-2-4-12(15)5-3-11)13(17)14(18)6-8-19-9-7-14/h2-5,18H,6-10H2,1H3. The van der Waals surface area contributed by atoms with E-state index in [-0.39, 0.29) is 5.91 Å². The van der Waals surface area contributed by atoms with Crippen molar-refractivity contribution >= 4 is 33.6 Å². The van der Waals surface area contributed by atoms with Crippen LogP contribution in [-0.2, 0) is 11.3 Å². The van der Waals surface area contributed by atoms with Crippen molar-refractivity contribution in [2.75, 3.05) is 18.6 Å². The Morgan fingerprint density at radius 1 is 1.37 bits per heavy atom. The van der Waals surface area contributed by atoms with Crippen LogP contribution < -0.4 is 0 Å². The number of likely N-dealkylation sites (N-methyl/N-ethyl adjacent to an activating group) is 1. The normalized spacial score (nSPS) is 18.1. The summed E-state index contributed by atoms with van der Waals surface area (Å²) in [6, 6.07) is 7.88. The molecular formula is C14H18BrNO2S. The molecule has 0 bridgehead atoms. The Bertz CT molecular complexity index is 443. The van der Waals surface area contributed by atoms with E-state index in [0.29, 0.717) is 19.4 Å². The highest BCUT2D eigenvalue weighted by Gasteiger charge is 2.39. The summed E-state index contributed by atoms with van der Waals surface area (Å²) in [4.78, 5) is 14.0. The third kappa shape index (κ3) is 3.74. The Balaban J connectivity index is 2.00. The van der Waals surface area contributed by atoms with E-state index >= 15 is 0 Å². The summed E-state index contributed by atoms with van der Waals surface area (Å²) in [6.45, 7) is 0.529. The molecule has 1 aliphatic rings. The van der Waals surface area contributed by atoms with Crippen LogP contribution in [0.4, 0.5) is 0 Å². The first kappa shape index (κ1) is 14.9. The van der Waals surface area contributed by atoms with Crippen LogP contribution in [0.2, 0.25) is 0 Å². The number of hydrogen-bond donors (Lipinski definition) is 1. The van der Waals surface area contributed by atoms with Gasteiger partial charge in [-0.2, -0.15) is 11.8 Å². The lowest BCUT2D eigenvalue weighted by molar-refractivity contribution is -0.151. The highest BCUT2D eigenvalue weighted by atomic mass is 79.9. The summed E-state index contributed by atoms with van der Waals surface area (Å²) in [6.07, 6.45) is 1.11. The van der Waals surface area contributed by atoms with Gasteiger partial charge in [0.15, 0.2) is 0 Å². The number of carbonyl (C=O) groups excluding carboxylic acids is 1. The monoisotopic (exact) mass is 343 g/mol. The third-order valence-corrected chi connectivity index (χ3v) is 4.91. The fourth-order valence-corrected chi connectivity index (χ4v) is 3.65. The maximum absolute atomic E-state index is 12.3. The fraction of sp³-hybridized carbons (Fsp3) is 0.500. The maximum atomic E-state index is 12.3.